The molecule has 3 aromatic rings. The minimum absolute atomic E-state index is 0.0837. The molecule has 0 saturated carbocycles. The number of nitrogens with two attached hydrogens (primary N) is 1. The minimum Gasteiger partial charge on any atom is -0.493 e. The smallest absolute Gasteiger partial charge is 0.285 e. The van der Waals surface area contributed by atoms with Crippen LogP contribution in [0.25, 0.3) is 10.9 Å². The van der Waals surface area contributed by atoms with Gasteiger partial charge in [0, 0.05) is 11.5 Å². The van der Waals surface area contributed by atoms with Gasteiger partial charge >= 0.3 is 0 Å². The number of anilines is 1. The van der Waals surface area contributed by atoms with Crippen LogP contribution in [0, 0.1) is 17.6 Å². The van der Waals surface area contributed by atoms with Crippen LogP contribution in [0.5, 0.6) is 11.5 Å². The Morgan fingerprint density at radius 1 is 1.16 bits per heavy atom. The van der Waals surface area contributed by atoms with E-state index in [1.54, 1.807) is 0 Å². The number of hydrogen-bond donors (Lipinski definition) is 1. The van der Waals surface area contributed by atoms with Crippen LogP contribution in [-0.2, 0) is 0 Å². The number of carbonyl (C=O) groups excluding carboxylic acids is 1. The van der Waals surface area contributed by atoms with Crippen molar-refractivity contribution in [3.8, 4) is 11.5 Å². The van der Waals surface area contributed by atoms with E-state index in [0.29, 0.717) is 22.0 Å². The fraction of sp³-hybridized carbons (Fsp3) is 0.133. The first-order valence-electron chi connectivity index (χ1n) is 6.83. The van der Waals surface area contributed by atoms with Crippen molar-refractivity contribution >= 4 is 22.6 Å². The number of nitrogens with zero attached hydrogens (tertiary/aromatic N) is 3. The van der Waals surface area contributed by atoms with Crippen molar-refractivity contribution in [3.05, 3.63) is 41.5 Å². The van der Waals surface area contributed by atoms with Crippen molar-refractivity contribution in [2.24, 2.45) is 0 Å². The van der Waals surface area contributed by atoms with Crippen molar-refractivity contribution in [3.63, 3.8) is 0 Å². The summed E-state index contributed by atoms with van der Waals surface area (Å²) >= 11 is 0. The molecule has 7 nitrogen and oxygen atoms in total. The van der Waals surface area contributed by atoms with Gasteiger partial charge < -0.3 is 15.2 Å². The normalized spacial score (nSPS) is 10.9. The van der Waals surface area contributed by atoms with Gasteiger partial charge in [0.15, 0.2) is 29.0 Å². The van der Waals surface area contributed by atoms with E-state index in [2.05, 4.69) is 10.1 Å². The average molecular weight is 352 g/mol. The molecule has 0 saturated heterocycles. The van der Waals surface area contributed by atoms with Crippen LogP contribution in [0.3, 0.4) is 0 Å². The van der Waals surface area contributed by atoms with E-state index in [1.807, 2.05) is 0 Å². The van der Waals surface area contributed by atoms with Crippen molar-refractivity contribution in [2.75, 3.05) is 20.0 Å². The summed E-state index contributed by atoms with van der Waals surface area (Å²) in [4.78, 5) is 15.4. The lowest BCUT2D eigenvalue weighted by atomic mass is 10.2. The second-order valence-electron chi connectivity index (χ2n) is 4.91. The third-order valence-corrected chi connectivity index (χ3v) is 3.55. The Labute approximate surface area is 138 Å². The molecule has 0 bridgehead atoms. The number of hydrogen-bond acceptors (Lipinski definition) is 6. The maximum absolute atomic E-state index is 13.9. The molecule has 25 heavy (non-hydrogen) atoms. The summed E-state index contributed by atoms with van der Waals surface area (Å²) in [6, 6.07) is 2.82. The molecule has 2 N–H and O–H groups in total. The third-order valence-electron chi connectivity index (χ3n) is 3.55. The highest BCUT2D eigenvalue weighted by Gasteiger charge is 2.26. The van der Waals surface area contributed by atoms with E-state index in [0.717, 1.165) is 0 Å². The lowest BCUT2D eigenvalue weighted by Crippen LogP contribution is -2.18. The minimum atomic E-state index is -1.72. The molecule has 0 amide bonds. The molecule has 2 heterocycles. The molecule has 0 atom stereocenters. The SMILES string of the molecule is COc1cc2c(N)nn(C(=O)c3c(F)cnc(F)c3F)c2cc1OC. The number of aromatic nitrogens is 3. The molecule has 0 unspecified atom stereocenters. The highest BCUT2D eigenvalue weighted by molar-refractivity contribution is 6.04. The van der Waals surface area contributed by atoms with E-state index in [4.69, 9.17) is 15.2 Å². The van der Waals surface area contributed by atoms with Gasteiger partial charge in [0.2, 0.25) is 5.95 Å². The predicted octanol–water partition coefficient (Wildman–Crippen LogP) is 2.14. The summed E-state index contributed by atoms with van der Waals surface area (Å²) in [7, 11) is 2.77. The molecular formula is C15H11F3N4O3. The molecule has 2 aromatic heterocycles. The van der Waals surface area contributed by atoms with Gasteiger partial charge in [-0.05, 0) is 6.07 Å². The number of pyridine rings is 1. The Morgan fingerprint density at radius 2 is 1.80 bits per heavy atom. The number of fused-ring (bicyclic) bond motifs is 1. The zero-order valence-corrected chi connectivity index (χ0v) is 13.0. The number of methoxy groups -OCH3 is 2. The number of carbonyl (C=O) groups is 1. The van der Waals surface area contributed by atoms with Crippen LogP contribution in [-0.4, -0.2) is 34.9 Å². The van der Waals surface area contributed by atoms with Gasteiger partial charge in [0.25, 0.3) is 5.91 Å². The average Bonchev–Trinajstić information content (AvgIpc) is 2.93. The predicted molar refractivity (Wildman–Crippen MR) is 81.1 cm³/mol. The first-order valence-corrected chi connectivity index (χ1v) is 6.83. The quantitative estimate of drug-likeness (QED) is 0.726. The van der Waals surface area contributed by atoms with Gasteiger partial charge in [-0.3, -0.25) is 4.79 Å². The summed E-state index contributed by atoms with van der Waals surface area (Å²) in [5.74, 6) is -5.41. The fourth-order valence-electron chi connectivity index (χ4n) is 2.36. The lowest BCUT2D eigenvalue weighted by molar-refractivity contribution is 0.0940. The number of nitrogen functional groups attached to an aromatic ring is 1. The van der Waals surface area contributed by atoms with Gasteiger partial charge in [-0.1, -0.05) is 0 Å². The summed E-state index contributed by atoms with van der Waals surface area (Å²) < 4.78 is 51.9. The van der Waals surface area contributed by atoms with Crippen LogP contribution in [0.1, 0.15) is 10.4 Å². The van der Waals surface area contributed by atoms with Crippen molar-refractivity contribution in [1.82, 2.24) is 14.8 Å². The molecule has 0 spiro atoms. The van der Waals surface area contributed by atoms with Crippen LogP contribution in [0.2, 0.25) is 0 Å². The summed E-state index contributed by atoms with van der Waals surface area (Å²) in [6.07, 6.45) is 0.407. The molecule has 0 aliphatic rings. The maximum Gasteiger partial charge on any atom is 0.285 e. The van der Waals surface area contributed by atoms with Gasteiger partial charge in [-0.15, -0.1) is 5.10 Å². The second kappa shape index (κ2) is 5.96. The molecule has 10 heteroatoms. The zero-order valence-electron chi connectivity index (χ0n) is 13.0. The molecular weight excluding hydrogens is 341 g/mol. The highest BCUT2D eigenvalue weighted by Crippen LogP contribution is 2.35. The Kier molecular flexibility index (Phi) is 3.95. The lowest BCUT2D eigenvalue weighted by Gasteiger charge is -2.09. The van der Waals surface area contributed by atoms with E-state index < -0.39 is 29.1 Å². The van der Waals surface area contributed by atoms with Gasteiger partial charge in [0.1, 0.15) is 5.56 Å². The highest BCUT2D eigenvalue weighted by atomic mass is 19.2. The Morgan fingerprint density at radius 3 is 2.44 bits per heavy atom. The van der Waals surface area contributed by atoms with Crippen LogP contribution >= 0.6 is 0 Å². The number of rotatable bonds is 3. The zero-order chi connectivity index (χ0) is 18.3. The van der Waals surface area contributed by atoms with Gasteiger partial charge in [-0.25, -0.2) is 13.8 Å². The molecule has 0 radical (unpaired) electrons. The Bertz CT molecular complexity index is 1000. The Balaban J connectivity index is 2.26. The molecule has 130 valence electrons. The molecule has 1 aromatic carbocycles. The van der Waals surface area contributed by atoms with E-state index >= 15 is 0 Å². The molecule has 0 aliphatic carbocycles. The van der Waals surface area contributed by atoms with Crippen molar-refractivity contribution < 1.29 is 27.4 Å². The fourth-order valence-corrected chi connectivity index (χ4v) is 2.36. The monoisotopic (exact) mass is 352 g/mol. The largest absolute Gasteiger partial charge is 0.493 e. The molecule has 0 fully saturated rings. The Hall–Kier alpha value is -3.30. The van der Waals surface area contributed by atoms with E-state index in [9.17, 15) is 18.0 Å². The van der Waals surface area contributed by atoms with Crippen molar-refractivity contribution in [2.45, 2.75) is 0 Å². The topological polar surface area (TPSA) is 92.3 Å². The van der Waals surface area contributed by atoms with Gasteiger partial charge in [-0.2, -0.15) is 9.07 Å². The standard InChI is InChI=1S/C15H11F3N4O3/c1-24-9-3-6-8(4-10(9)25-2)22(21-14(6)19)15(23)11-7(16)5-20-13(18)12(11)17/h3-5H,1-2H3,(H2,19,21). The van der Waals surface area contributed by atoms with Gasteiger partial charge in [0.05, 0.1) is 25.9 Å². The van der Waals surface area contributed by atoms with Crippen LogP contribution < -0.4 is 15.2 Å². The number of ether oxygens (including phenoxy) is 2. The van der Waals surface area contributed by atoms with Crippen LogP contribution in [0.15, 0.2) is 18.3 Å². The van der Waals surface area contributed by atoms with Crippen molar-refractivity contribution in [1.29, 1.82) is 0 Å². The number of halogens is 3. The molecule has 0 aliphatic heterocycles. The first-order chi connectivity index (χ1) is 11.9. The third kappa shape index (κ3) is 2.51. The number of benzene rings is 1. The maximum atomic E-state index is 13.9. The first kappa shape index (κ1) is 16.6. The van der Waals surface area contributed by atoms with E-state index in [1.165, 1.54) is 26.4 Å². The summed E-state index contributed by atoms with van der Waals surface area (Å²) in [5.41, 5.74) is 4.73. The summed E-state index contributed by atoms with van der Waals surface area (Å²) in [6.45, 7) is 0. The van der Waals surface area contributed by atoms with E-state index in [-0.39, 0.29) is 17.1 Å². The van der Waals surface area contributed by atoms with Crippen LogP contribution in [0.4, 0.5) is 19.0 Å². The second-order valence-corrected chi connectivity index (χ2v) is 4.91. The molecule has 3 rings (SSSR count). The summed E-state index contributed by atoms with van der Waals surface area (Å²) in [5, 5.41) is 4.08.